The van der Waals surface area contributed by atoms with Gasteiger partial charge in [-0.2, -0.15) is 0 Å². The molecule has 0 amide bonds. The molecular formula is C18H21NO. The van der Waals surface area contributed by atoms with E-state index in [1.807, 2.05) is 49.5 Å². The minimum absolute atomic E-state index is 0.218. The second kappa shape index (κ2) is 6.90. The van der Waals surface area contributed by atoms with Gasteiger partial charge in [0, 0.05) is 24.7 Å². The van der Waals surface area contributed by atoms with E-state index in [0.717, 1.165) is 17.7 Å². The number of carbonyl (C=O) groups excluding carboxylic acids is 1. The maximum Gasteiger partial charge on any atom is 0.162 e. The van der Waals surface area contributed by atoms with Crippen LogP contribution in [0.4, 0.5) is 5.69 Å². The van der Waals surface area contributed by atoms with Crippen LogP contribution in [-0.4, -0.2) is 12.8 Å². The van der Waals surface area contributed by atoms with Gasteiger partial charge >= 0.3 is 0 Å². The molecule has 2 aromatic carbocycles. The number of nitrogens with one attached hydrogen (secondary N) is 1. The van der Waals surface area contributed by atoms with Crippen molar-refractivity contribution < 1.29 is 4.79 Å². The summed E-state index contributed by atoms with van der Waals surface area (Å²) >= 11 is 0. The van der Waals surface area contributed by atoms with Gasteiger partial charge in [-0.1, -0.05) is 37.3 Å². The third kappa shape index (κ3) is 3.70. The van der Waals surface area contributed by atoms with Gasteiger partial charge in [-0.25, -0.2) is 0 Å². The lowest BCUT2D eigenvalue weighted by molar-refractivity contribution is 0.0978. The topological polar surface area (TPSA) is 29.1 Å². The third-order valence-corrected chi connectivity index (χ3v) is 3.67. The van der Waals surface area contributed by atoms with Gasteiger partial charge in [0.2, 0.25) is 0 Å². The molecular weight excluding hydrogens is 246 g/mol. The Labute approximate surface area is 120 Å². The molecule has 1 unspecified atom stereocenters. The Morgan fingerprint density at radius 3 is 2.30 bits per heavy atom. The van der Waals surface area contributed by atoms with Crippen LogP contribution in [0.1, 0.15) is 41.6 Å². The highest BCUT2D eigenvalue weighted by Crippen LogP contribution is 2.21. The summed E-state index contributed by atoms with van der Waals surface area (Å²) in [6, 6.07) is 18.0. The Bertz CT molecular complexity index is 545. The predicted molar refractivity (Wildman–Crippen MR) is 84.4 cm³/mol. The average molecular weight is 267 g/mol. The number of hydrogen-bond acceptors (Lipinski definition) is 2. The van der Waals surface area contributed by atoms with Crippen LogP contribution in [0, 0.1) is 0 Å². The molecule has 0 aliphatic rings. The number of Topliss-reactive ketones (excluding diaryl/α,β-unsaturated/α-hetero) is 1. The van der Waals surface area contributed by atoms with E-state index in [0.29, 0.717) is 12.3 Å². The Morgan fingerprint density at radius 1 is 1.05 bits per heavy atom. The molecule has 0 saturated heterocycles. The number of anilines is 1. The summed E-state index contributed by atoms with van der Waals surface area (Å²) in [5.74, 6) is 0.632. The number of benzene rings is 2. The molecule has 0 heterocycles. The van der Waals surface area contributed by atoms with E-state index in [4.69, 9.17) is 0 Å². The molecule has 0 saturated carbocycles. The monoisotopic (exact) mass is 267 g/mol. The van der Waals surface area contributed by atoms with Crippen molar-refractivity contribution in [3.05, 3.63) is 65.7 Å². The van der Waals surface area contributed by atoms with Gasteiger partial charge in [0.05, 0.1) is 0 Å². The summed E-state index contributed by atoms with van der Waals surface area (Å²) in [5, 5.41) is 3.05. The first-order chi connectivity index (χ1) is 9.70. The highest BCUT2D eigenvalue weighted by atomic mass is 16.1. The second-order valence-electron chi connectivity index (χ2n) is 5.10. The van der Waals surface area contributed by atoms with E-state index >= 15 is 0 Å². The van der Waals surface area contributed by atoms with Gasteiger partial charge < -0.3 is 5.32 Å². The van der Waals surface area contributed by atoms with Crippen molar-refractivity contribution >= 4 is 11.5 Å². The first-order valence-electron chi connectivity index (χ1n) is 7.06. The summed E-state index contributed by atoms with van der Waals surface area (Å²) in [7, 11) is 1.87. The molecule has 0 bridgehead atoms. The normalized spacial score (nSPS) is 11.9. The van der Waals surface area contributed by atoms with Crippen LogP contribution < -0.4 is 5.32 Å². The Kier molecular flexibility index (Phi) is 4.94. The van der Waals surface area contributed by atoms with E-state index in [1.165, 1.54) is 5.56 Å². The largest absolute Gasteiger partial charge is 0.388 e. The van der Waals surface area contributed by atoms with Crippen LogP contribution in [-0.2, 0) is 0 Å². The lowest BCUT2D eigenvalue weighted by Crippen LogP contribution is -2.02. The van der Waals surface area contributed by atoms with E-state index in [-0.39, 0.29) is 5.78 Å². The van der Waals surface area contributed by atoms with E-state index in [9.17, 15) is 4.79 Å². The average Bonchev–Trinajstić information content (AvgIpc) is 2.53. The first kappa shape index (κ1) is 14.3. The van der Waals surface area contributed by atoms with Gasteiger partial charge in [-0.3, -0.25) is 4.79 Å². The maximum absolute atomic E-state index is 12.2. The fraction of sp³-hybridized carbons (Fsp3) is 0.278. The van der Waals surface area contributed by atoms with Crippen LogP contribution in [0.15, 0.2) is 54.6 Å². The van der Waals surface area contributed by atoms with Crippen molar-refractivity contribution in [1.82, 2.24) is 0 Å². The van der Waals surface area contributed by atoms with Crippen LogP contribution >= 0.6 is 0 Å². The van der Waals surface area contributed by atoms with Crippen LogP contribution in [0.2, 0.25) is 0 Å². The Balaban J connectivity index is 1.91. The van der Waals surface area contributed by atoms with E-state index < -0.39 is 0 Å². The molecule has 104 valence electrons. The molecule has 0 radical (unpaired) electrons. The lowest BCUT2D eigenvalue weighted by Gasteiger charge is -2.11. The zero-order valence-electron chi connectivity index (χ0n) is 12.1. The molecule has 20 heavy (non-hydrogen) atoms. The van der Waals surface area contributed by atoms with Gasteiger partial charge in [-0.05, 0) is 42.2 Å². The van der Waals surface area contributed by atoms with E-state index in [2.05, 4.69) is 24.4 Å². The number of ketones is 1. The maximum atomic E-state index is 12.2. The summed E-state index contributed by atoms with van der Waals surface area (Å²) in [6.07, 6.45) is 1.48. The molecule has 0 spiro atoms. The molecule has 0 aliphatic carbocycles. The standard InChI is InChI=1S/C18H21NO/c1-14(15-6-4-3-5-7-15)8-13-18(20)16-9-11-17(19-2)12-10-16/h3-7,9-12,14,19H,8,13H2,1-2H3. The summed E-state index contributed by atoms with van der Waals surface area (Å²) in [5.41, 5.74) is 3.12. The third-order valence-electron chi connectivity index (χ3n) is 3.67. The summed E-state index contributed by atoms with van der Waals surface area (Å²) in [4.78, 5) is 12.2. The number of rotatable bonds is 6. The summed E-state index contributed by atoms with van der Waals surface area (Å²) in [6.45, 7) is 2.17. The fourth-order valence-electron chi connectivity index (χ4n) is 2.26. The highest BCUT2D eigenvalue weighted by Gasteiger charge is 2.10. The van der Waals surface area contributed by atoms with Crippen LogP contribution in [0.5, 0.6) is 0 Å². The molecule has 2 heteroatoms. The summed E-state index contributed by atoms with van der Waals surface area (Å²) < 4.78 is 0. The van der Waals surface area contributed by atoms with Gasteiger partial charge in [-0.15, -0.1) is 0 Å². The minimum atomic E-state index is 0.218. The van der Waals surface area contributed by atoms with Gasteiger partial charge in [0.15, 0.2) is 5.78 Å². The number of hydrogen-bond donors (Lipinski definition) is 1. The second-order valence-corrected chi connectivity index (χ2v) is 5.10. The quantitative estimate of drug-likeness (QED) is 0.781. The number of carbonyl (C=O) groups is 1. The zero-order chi connectivity index (χ0) is 14.4. The molecule has 0 aliphatic heterocycles. The van der Waals surface area contributed by atoms with Gasteiger partial charge in [0.25, 0.3) is 0 Å². The van der Waals surface area contributed by atoms with Crippen molar-refractivity contribution in [2.45, 2.75) is 25.7 Å². The molecule has 2 aromatic rings. The zero-order valence-corrected chi connectivity index (χ0v) is 12.1. The minimum Gasteiger partial charge on any atom is -0.388 e. The molecule has 1 N–H and O–H groups in total. The molecule has 0 aromatic heterocycles. The predicted octanol–water partition coefficient (Wildman–Crippen LogP) is 4.49. The van der Waals surface area contributed by atoms with Gasteiger partial charge in [0.1, 0.15) is 0 Å². The van der Waals surface area contributed by atoms with Crippen LogP contribution in [0.25, 0.3) is 0 Å². The van der Waals surface area contributed by atoms with Crippen molar-refractivity contribution in [1.29, 1.82) is 0 Å². The van der Waals surface area contributed by atoms with Crippen molar-refractivity contribution in [3.63, 3.8) is 0 Å². The van der Waals surface area contributed by atoms with Crippen molar-refractivity contribution in [2.24, 2.45) is 0 Å². The smallest absolute Gasteiger partial charge is 0.162 e. The van der Waals surface area contributed by atoms with E-state index in [1.54, 1.807) is 0 Å². The molecule has 1 atom stereocenters. The fourth-order valence-corrected chi connectivity index (χ4v) is 2.26. The van der Waals surface area contributed by atoms with Crippen molar-refractivity contribution in [3.8, 4) is 0 Å². The molecule has 2 nitrogen and oxygen atoms in total. The SMILES string of the molecule is CNc1ccc(C(=O)CCC(C)c2ccccc2)cc1. The Hall–Kier alpha value is -2.09. The lowest BCUT2D eigenvalue weighted by atomic mass is 9.94. The highest BCUT2D eigenvalue weighted by molar-refractivity contribution is 5.96. The Morgan fingerprint density at radius 2 is 1.70 bits per heavy atom. The molecule has 0 fully saturated rings. The van der Waals surface area contributed by atoms with Crippen molar-refractivity contribution in [2.75, 3.05) is 12.4 Å². The first-order valence-corrected chi connectivity index (χ1v) is 7.06. The van der Waals surface area contributed by atoms with Crippen LogP contribution in [0.3, 0.4) is 0 Å². The molecule has 2 rings (SSSR count).